The number of carbonyl (C=O) groups is 1. The summed E-state index contributed by atoms with van der Waals surface area (Å²) in [5, 5.41) is 3.55. The number of anilines is 1. The van der Waals surface area contributed by atoms with Gasteiger partial charge < -0.3 is 19.5 Å². The van der Waals surface area contributed by atoms with E-state index in [9.17, 15) is 9.59 Å². The third kappa shape index (κ3) is 4.49. The molecular formula is C23H25N3O3. The second-order valence-corrected chi connectivity index (χ2v) is 7.45. The number of hydrogen-bond donors (Lipinski definition) is 1. The molecule has 1 amide bonds. The molecule has 4 rings (SSSR count). The SMILES string of the molecule is CN1CCN(c2ccc(CCNC(=O)c3cc4ccccc4oc3=O)cc2)CC1. The summed E-state index contributed by atoms with van der Waals surface area (Å²) < 4.78 is 5.23. The largest absolute Gasteiger partial charge is 0.422 e. The Morgan fingerprint density at radius 3 is 2.52 bits per heavy atom. The molecule has 2 aromatic carbocycles. The van der Waals surface area contributed by atoms with Gasteiger partial charge >= 0.3 is 5.63 Å². The van der Waals surface area contributed by atoms with Crippen molar-refractivity contribution >= 4 is 22.6 Å². The van der Waals surface area contributed by atoms with Crippen molar-refractivity contribution in [3.05, 3.63) is 76.1 Å². The maximum absolute atomic E-state index is 12.4. The molecule has 0 aliphatic carbocycles. The highest BCUT2D eigenvalue weighted by molar-refractivity contribution is 5.96. The zero-order chi connectivity index (χ0) is 20.2. The highest BCUT2D eigenvalue weighted by Gasteiger charge is 2.15. The summed E-state index contributed by atoms with van der Waals surface area (Å²) in [5.74, 6) is -0.404. The number of likely N-dealkylation sites (N-methyl/N-ethyl adjacent to an activating group) is 1. The van der Waals surface area contributed by atoms with Crippen LogP contribution >= 0.6 is 0 Å². The van der Waals surface area contributed by atoms with Crippen molar-refractivity contribution in [3.63, 3.8) is 0 Å². The van der Waals surface area contributed by atoms with Gasteiger partial charge in [0.1, 0.15) is 11.1 Å². The maximum atomic E-state index is 12.4. The van der Waals surface area contributed by atoms with Crippen molar-refractivity contribution in [3.8, 4) is 0 Å². The monoisotopic (exact) mass is 391 g/mol. The molecule has 1 aliphatic rings. The minimum atomic E-state index is -0.613. The van der Waals surface area contributed by atoms with Crippen molar-refractivity contribution in [1.82, 2.24) is 10.2 Å². The highest BCUT2D eigenvalue weighted by Crippen LogP contribution is 2.17. The molecule has 0 spiro atoms. The van der Waals surface area contributed by atoms with Gasteiger partial charge in [0.2, 0.25) is 0 Å². The van der Waals surface area contributed by atoms with E-state index in [1.165, 1.54) is 5.69 Å². The summed E-state index contributed by atoms with van der Waals surface area (Å²) in [7, 11) is 2.15. The van der Waals surface area contributed by atoms with E-state index in [1.54, 1.807) is 18.2 Å². The van der Waals surface area contributed by atoms with Gasteiger partial charge in [-0.15, -0.1) is 0 Å². The van der Waals surface area contributed by atoms with Crippen LogP contribution in [-0.4, -0.2) is 50.6 Å². The first-order chi connectivity index (χ1) is 14.1. The van der Waals surface area contributed by atoms with E-state index >= 15 is 0 Å². The molecule has 6 heteroatoms. The molecule has 1 fully saturated rings. The zero-order valence-corrected chi connectivity index (χ0v) is 16.6. The van der Waals surface area contributed by atoms with Gasteiger partial charge in [-0.1, -0.05) is 30.3 Å². The van der Waals surface area contributed by atoms with E-state index in [4.69, 9.17) is 4.42 Å². The summed E-state index contributed by atoms with van der Waals surface area (Å²) in [6, 6.07) is 17.2. The van der Waals surface area contributed by atoms with E-state index in [0.29, 0.717) is 18.5 Å². The van der Waals surface area contributed by atoms with Gasteiger partial charge in [0.25, 0.3) is 5.91 Å². The topological polar surface area (TPSA) is 65.8 Å². The smallest absolute Gasteiger partial charge is 0.349 e. The number of amides is 1. The summed E-state index contributed by atoms with van der Waals surface area (Å²) in [4.78, 5) is 29.2. The van der Waals surface area contributed by atoms with Crippen LogP contribution in [-0.2, 0) is 6.42 Å². The van der Waals surface area contributed by atoms with Crippen LogP contribution in [0.2, 0.25) is 0 Å². The molecular weight excluding hydrogens is 366 g/mol. The van der Waals surface area contributed by atoms with Gasteiger partial charge in [0, 0.05) is 43.8 Å². The van der Waals surface area contributed by atoms with Gasteiger partial charge in [-0.05, 0) is 43.3 Å². The number of para-hydroxylation sites is 1. The second kappa shape index (κ2) is 8.49. The molecule has 1 saturated heterocycles. The molecule has 1 aromatic heterocycles. The van der Waals surface area contributed by atoms with Crippen LogP contribution in [0.3, 0.4) is 0 Å². The standard InChI is InChI=1S/C23H25N3O3/c1-25-12-14-26(15-13-25)19-8-6-17(7-9-19)10-11-24-22(27)20-16-18-4-2-3-5-21(18)29-23(20)28/h2-9,16H,10-15H2,1H3,(H,24,27). The lowest BCUT2D eigenvalue weighted by Gasteiger charge is -2.34. The first-order valence-electron chi connectivity index (χ1n) is 9.94. The minimum Gasteiger partial charge on any atom is -0.422 e. The third-order valence-electron chi connectivity index (χ3n) is 5.39. The summed E-state index contributed by atoms with van der Waals surface area (Å²) in [6.07, 6.45) is 0.702. The predicted octanol–water partition coefficient (Wildman–Crippen LogP) is 2.52. The van der Waals surface area contributed by atoms with Gasteiger partial charge in [0.15, 0.2) is 0 Å². The van der Waals surface area contributed by atoms with Crippen LogP contribution in [0.25, 0.3) is 11.0 Å². The van der Waals surface area contributed by atoms with E-state index in [-0.39, 0.29) is 5.56 Å². The number of nitrogens with one attached hydrogen (secondary N) is 1. The number of hydrogen-bond acceptors (Lipinski definition) is 5. The molecule has 0 saturated carbocycles. The fraction of sp³-hybridized carbons (Fsp3) is 0.304. The van der Waals surface area contributed by atoms with Gasteiger partial charge in [-0.2, -0.15) is 0 Å². The van der Waals surface area contributed by atoms with Crippen molar-refractivity contribution < 1.29 is 9.21 Å². The van der Waals surface area contributed by atoms with Crippen LogP contribution in [0.5, 0.6) is 0 Å². The molecule has 0 radical (unpaired) electrons. The molecule has 150 valence electrons. The van der Waals surface area contributed by atoms with Crippen molar-refractivity contribution in [1.29, 1.82) is 0 Å². The lowest BCUT2D eigenvalue weighted by atomic mass is 10.1. The quantitative estimate of drug-likeness (QED) is 0.677. The average Bonchev–Trinajstić information content (AvgIpc) is 2.74. The van der Waals surface area contributed by atoms with Crippen LogP contribution < -0.4 is 15.8 Å². The molecule has 29 heavy (non-hydrogen) atoms. The molecule has 1 aliphatic heterocycles. The Balaban J connectivity index is 1.33. The van der Waals surface area contributed by atoms with Gasteiger partial charge in [-0.3, -0.25) is 4.79 Å². The highest BCUT2D eigenvalue weighted by atomic mass is 16.4. The Morgan fingerprint density at radius 2 is 1.76 bits per heavy atom. The lowest BCUT2D eigenvalue weighted by Crippen LogP contribution is -2.44. The molecule has 0 atom stereocenters. The lowest BCUT2D eigenvalue weighted by molar-refractivity contribution is 0.0950. The predicted molar refractivity (Wildman–Crippen MR) is 115 cm³/mol. The molecule has 1 N–H and O–H groups in total. The van der Waals surface area contributed by atoms with Crippen molar-refractivity contribution in [2.45, 2.75) is 6.42 Å². The van der Waals surface area contributed by atoms with Crippen LogP contribution in [0, 0.1) is 0 Å². The van der Waals surface area contributed by atoms with E-state index in [0.717, 1.165) is 37.1 Å². The Bertz CT molecular complexity index is 1050. The number of fused-ring (bicyclic) bond motifs is 1. The Morgan fingerprint density at radius 1 is 1.03 bits per heavy atom. The number of carbonyl (C=O) groups excluding carboxylic acids is 1. The van der Waals surface area contributed by atoms with Crippen molar-refractivity contribution in [2.24, 2.45) is 0 Å². The van der Waals surface area contributed by atoms with Crippen LogP contribution in [0.4, 0.5) is 5.69 Å². The molecule has 6 nitrogen and oxygen atoms in total. The first-order valence-corrected chi connectivity index (χ1v) is 9.94. The molecule has 3 aromatic rings. The minimum absolute atomic E-state index is 0.0362. The zero-order valence-electron chi connectivity index (χ0n) is 16.6. The van der Waals surface area contributed by atoms with E-state index in [1.807, 2.05) is 12.1 Å². The summed E-state index contributed by atoms with van der Waals surface area (Å²) in [6.45, 7) is 4.70. The summed E-state index contributed by atoms with van der Waals surface area (Å²) in [5.41, 5.74) is 2.29. The Kier molecular flexibility index (Phi) is 5.62. The number of nitrogens with zero attached hydrogens (tertiary/aromatic N) is 2. The van der Waals surface area contributed by atoms with Crippen LogP contribution in [0.1, 0.15) is 15.9 Å². The number of piperazine rings is 1. The number of benzene rings is 2. The van der Waals surface area contributed by atoms with Gasteiger partial charge in [0.05, 0.1) is 0 Å². The van der Waals surface area contributed by atoms with E-state index in [2.05, 4.69) is 46.4 Å². The number of rotatable bonds is 5. The summed E-state index contributed by atoms with van der Waals surface area (Å²) >= 11 is 0. The Hall–Kier alpha value is -3.12. The third-order valence-corrected chi connectivity index (χ3v) is 5.39. The molecule has 0 unspecified atom stereocenters. The fourth-order valence-electron chi connectivity index (χ4n) is 3.57. The van der Waals surface area contributed by atoms with E-state index < -0.39 is 11.5 Å². The average molecular weight is 391 g/mol. The van der Waals surface area contributed by atoms with Gasteiger partial charge in [-0.25, -0.2) is 4.79 Å². The molecule has 0 bridgehead atoms. The van der Waals surface area contributed by atoms with Crippen LogP contribution in [0.15, 0.2) is 63.8 Å². The first kappa shape index (κ1) is 19.2. The second-order valence-electron chi connectivity index (χ2n) is 7.45. The fourth-order valence-corrected chi connectivity index (χ4v) is 3.57. The maximum Gasteiger partial charge on any atom is 0.349 e. The molecule has 2 heterocycles. The normalized spacial score (nSPS) is 14.9. The van der Waals surface area contributed by atoms with Crippen molar-refractivity contribution in [2.75, 3.05) is 44.7 Å². The Labute approximate surface area is 169 Å².